The zero-order valence-corrected chi connectivity index (χ0v) is 22.9. The zero-order chi connectivity index (χ0) is 29.5. The Morgan fingerprint density at radius 3 is 2.81 bits per heavy atom. The SMILES string of the molecule is CS(=O)c1c(Oc2ccc(F)c(-c3nc(C4CCOc5c(CCC(=O)O)cccc54)co3)c2)c(F)c(F)c2[nH]ccc12. The summed E-state index contributed by atoms with van der Waals surface area (Å²) < 4.78 is 74.5. The van der Waals surface area contributed by atoms with Gasteiger partial charge in [0.05, 0.1) is 39.1 Å². The van der Waals surface area contributed by atoms with Crippen molar-refractivity contribution in [3.8, 4) is 28.7 Å². The second-order valence-corrected chi connectivity index (χ2v) is 11.1. The molecule has 3 aromatic carbocycles. The van der Waals surface area contributed by atoms with Gasteiger partial charge in [0, 0.05) is 35.7 Å². The Labute approximate surface area is 239 Å². The van der Waals surface area contributed by atoms with Crippen molar-refractivity contribution >= 4 is 27.7 Å². The third-order valence-electron chi connectivity index (χ3n) is 7.13. The maximum atomic E-state index is 15.1. The number of para-hydroxylation sites is 1. The highest BCUT2D eigenvalue weighted by molar-refractivity contribution is 7.84. The number of carboxylic acid groups (broad SMARTS) is 1. The van der Waals surface area contributed by atoms with Gasteiger partial charge in [-0.15, -0.1) is 0 Å². The molecule has 3 heterocycles. The summed E-state index contributed by atoms with van der Waals surface area (Å²) in [6.07, 6.45) is 4.97. The maximum absolute atomic E-state index is 15.1. The van der Waals surface area contributed by atoms with E-state index in [1.165, 1.54) is 36.9 Å². The Morgan fingerprint density at radius 1 is 1.19 bits per heavy atom. The molecule has 8 nitrogen and oxygen atoms in total. The number of halogens is 3. The number of nitrogens with zero attached hydrogens (tertiary/aromatic N) is 1. The molecule has 12 heteroatoms. The van der Waals surface area contributed by atoms with Gasteiger partial charge < -0.3 is 24.0 Å². The number of benzene rings is 3. The van der Waals surface area contributed by atoms with E-state index in [1.54, 1.807) is 0 Å². The number of fused-ring (bicyclic) bond motifs is 2. The standard InChI is InChI=1S/C30H23F3N2O6S/c1-42(38)29-19-9-11-34-26(19)24(32)25(33)28(29)41-16-6-7-21(31)20(13-16)30-35-22(14-40-30)17-10-12-39-27-15(5-8-23(36)37)3-2-4-18(17)27/h2-4,6-7,9,11,13-14,17,34H,5,8,10,12H2,1H3,(H,36,37). The number of oxazole rings is 1. The summed E-state index contributed by atoms with van der Waals surface area (Å²) >= 11 is 0. The van der Waals surface area contributed by atoms with Crippen LogP contribution in [0.3, 0.4) is 0 Å². The number of hydrogen-bond donors (Lipinski definition) is 2. The fraction of sp³-hybridized carbons (Fsp3) is 0.200. The van der Waals surface area contributed by atoms with E-state index < -0.39 is 40.0 Å². The molecule has 1 aliphatic rings. The van der Waals surface area contributed by atoms with Crippen molar-refractivity contribution < 1.29 is 41.2 Å². The number of ether oxygens (including phenoxy) is 2. The van der Waals surface area contributed by atoms with Crippen molar-refractivity contribution in [3.63, 3.8) is 0 Å². The molecule has 42 heavy (non-hydrogen) atoms. The number of nitrogens with one attached hydrogen (secondary N) is 1. The van der Waals surface area contributed by atoms with Crippen LogP contribution in [0.4, 0.5) is 13.2 Å². The van der Waals surface area contributed by atoms with Crippen molar-refractivity contribution in [2.24, 2.45) is 0 Å². The second kappa shape index (κ2) is 11.0. The van der Waals surface area contributed by atoms with Gasteiger partial charge in [0.1, 0.15) is 23.6 Å². The first-order valence-corrected chi connectivity index (χ1v) is 14.5. The number of carbonyl (C=O) groups is 1. The molecule has 0 amide bonds. The molecule has 216 valence electrons. The van der Waals surface area contributed by atoms with Crippen LogP contribution in [0.5, 0.6) is 17.2 Å². The van der Waals surface area contributed by atoms with Crippen LogP contribution in [-0.4, -0.2) is 38.1 Å². The molecule has 6 rings (SSSR count). The van der Waals surface area contributed by atoms with E-state index in [9.17, 15) is 17.8 Å². The minimum atomic E-state index is -1.75. The lowest BCUT2D eigenvalue weighted by molar-refractivity contribution is -0.136. The molecule has 0 aliphatic carbocycles. The van der Waals surface area contributed by atoms with E-state index in [0.29, 0.717) is 30.9 Å². The molecule has 2 atom stereocenters. The van der Waals surface area contributed by atoms with Crippen molar-refractivity contribution in [2.45, 2.75) is 30.1 Å². The summed E-state index contributed by atoms with van der Waals surface area (Å²) in [4.78, 5) is 18.2. The number of rotatable bonds is 8. The predicted molar refractivity (Wildman–Crippen MR) is 147 cm³/mol. The minimum Gasteiger partial charge on any atom is -0.493 e. The molecule has 2 aromatic heterocycles. The van der Waals surface area contributed by atoms with E-state index in [4.69, 9.17) is 19.0 Å². The zero-order valence-electron chi connectivity index (χ0n) is 22.1. The van der Waals surface area contributed by atoms with Gasteiger partial charge in [-0.05, 0) is 42.7 Å². The number of aliphatic carboxylic acids is 1. The molecule has 0 fully saturated rings. The highest BCUT2D eigenvalue weighted by Crippen LogP contribution is 2.42. The monoisotopic (exact) mass is 596 g/mol. The van der Waals surface area contributed by atoms with Crippen LogP contribution in [0.1, 0.15) is 35.6 Å². The van der Waals surface area contributed by atoms with Gasteiger partial charge in [0.2, 0.25) is 11.7 Å². The minimum absolute atomic E-state index is 0.0402. The van der Waals surface area contributed by atoms with E-state index in [-0.39, 0.29) is 45.3 Å². The fourth-order valence-corrected chi connectivity index (χ4v) is 6.08. The average Bonchev–Trinajstić information content (AvgIpc) is 3.66. The molecule has 0 bridgehead atoms. The molecule has 0 saturated heterocycles. The number of hydrogen-bond acceptors (Lipinski definition) is 6. The number of H-pyrrole nitrogens is 1. The molecule has 0 radical (unpaired) electrons. The van der Waals surface area contributed by atoms with Crippen LogP contribution in [0.25, 0.3) is 22.4 Å². The quantitative estimate of drug-likeness (QED) is 0.205. The normalized spacial score (nSPS) is 15.3. The molecule has 5 aromatic rings. The lowest BCUT2D eigenvalue weighted by Crippen LogP contribution is -2.17. The van der Waals surface area contributed by atoms with Crippen LogP contribution in [0, 0.1) is 17.5 Å². The summed E-state index contributed by atoms with van der Waals surface area (Å²) in [7, 11) is -1.75. The smallest absolute Gasteiger partial charge is 0.303 e. The van der Waals surface area contributed by atoms with Crippen LogP contribution in [0.15, 0.2) is 64.2 Å². The first-order chi connectivity index (χ1) is 20.2. The highest BCUT2D eigenvalue weighted by Gasteiger charge is 2.29. The summed E-state index contributed by atoms with van der Waals surface area (Å²) in [5, 5.41) is 9.29. The van der Waals surface area contributed by atoms with E-state index in [2.05, 4.69) is 9.97 Å². The Hall–Kier alpha value is -4.58. The molecular formula is C30H23F3N2O6S. The predicted octanol–water partition coefficient (Wildman–Crippen LogP) is 6.70. The van der Waals surface area contributed by atoms with Crippen LogP contribution in [-0.2, 0) is 22.0 Å². The molecule has 1 aliphatic heterocycles. The summed E-state index contributed by atoms with van der Waals surface area (Å²) in [6, 6.07) is 10.5. The van der Waals surface area contributed by atoms with E-state index >= 15 is 4.39 Å². The molecular weight excluding hydrogens is 573 g/mol. The summed E-state index contributed by atoms with van der Waals surface area (Å²) in [5.41, 5.74) is 1.89. The lowest BCUT2D eigenvalue weighted by Gasteiger charge is -2.26. The molecule has 0 spiro atoms. The molecule has 0 saturated carbocycles. The third-order valence-corrected chi connectivity index (χ3v) is 8.11. The first kappa shape index (κ1) is 27.6. The van der Waals surface area contributed by atoms with Gasteiger partial charge in [-0.3, -0.25) is 9.00 Å². The summed E-state index contributed by atoms with van der Waals surface area (Å²) in [6.45, 7) is 0.371. The lowest BCUT2D eigenvalue weighted by atomic mass is 9.88. The number of aryl methyl sites for hydroxylation is 1. The van der Waals surface area contributed by atoms with Gasteiger partial charge in [-0.25, -0.2) is 13.8 Å². The van der Waals surface area contributed by atoms with Crippen molar-refractivity contribution in [1.29, 1.82) is 0 Å². The molecule has 2 N–H and O–H groups in total. The van der Waals surface area contributed by atoms with Crippen molar-refractivity contribution in [1.82, 2.24) is 9.97 Å². The fourth-order valence-electron chi connectivity index (χ4n) is 5.20. The Morgan fingerprint density at radius 2 is 2.02 bits per heavy atom. The van der Waals surface area contributed by atoms with Gasteiger partial charge in [0.25, 0.3) is 0 Å². The maximum Gasteiger partial charge on any atom is 0.303 e. The van der Waals surface area contributed by atoms with E-state index in [1.807, 2.05) is 18.2 Å². The van der Waals surface area contributed by atoms with Crippen LogP contribution >= 0.6 is 0 Å². The summed E-state index contributed by atoms with van der Waals surface area (Å²) in [5.74, 6) is -4.44. The Kier molecular flexibility index (Phi) is 7.23. The van der Waals surface area contributed by atoms with Crippen molar-refractivity contribution in [2.75, 3.05) is 12.9 Å². The number of aromatic amines is 1. The first-order valence-electron chi connectivity index (χ1n) is 12.9. The van der Waals surface area contributed by atoms with Crippen LogP contribution < -0.4 is 9.47 Å². The topological polar surface area (TPSA) is 115 Å². The third kappa shape index (κ3) is 4.91. The Balaban J connectivity index is 1.33. The van der Waals surface area contributed by atoms with Crippen LogP contribution in [0.2, 0.25) is 0 Å². The average molecular weight is 597 g/mol. The van der Waals surface area contributed by atoms with Crippen molar-refractivity contribution in [3.05, 3.63) is 89.2 Å². The molecule has 2 unspecified atom stereocenters. The Bertz CT molecular complexity index is 1870. The number of carboxylic acids is 1. The van der Waals surface area contributed by atoms with Gasteiger partial charge in [-0.1, -0.05) is 18.2 Å². The largest absolute Gasteiger partial charge is 0.493 e. The highest BCUT2D eigenvalue weighted by atomic mass is 32.2. The van der Waals surface area contributed by atoms with Gasteiger partial charge >= 0.3 is 5.97 Å². The van der Waals surface area contributed by atoms with Gasteiger partial charge in [0.15, 0.2) is 11.6 Å². The van der Waals surface area contributed by atoms with E-state index in [0.717, 1.165) is 17.2 Å². The number of aromatic nitrogens is 2. The van der Waals surface area contributed by atoms with Gasteiger partial charge in [-0.2, -0.15) is 4.39 Å². The second-order valence-electron chi connectivity index (χ2n) is 9.75.